The number of ketones is 2. The topological polar surface area (TPSA) is 77.9 Å². The Balaban J connectivity index is 2.42. The van der Waals surface area contributed by atoms with Gasteiger partial charge in [0.15, 0.2) is 11.6 Å². The molecule has 0 aliphatic carbocycles. The summed E-state index contributed by atoms with van der Waals surface area (Å²) in [4.78, 5) is 42.2. The molecule has 1 aliphatic heterocycles. The summed E-state index contributed by atoms with van der Waals surface area (Å²) >= 11 is 0. The molecule has 1 aromatic rings. The van der Waals surface area contributed by atoms with E-state index in [0.717, 1.165) is 6.42 Å². The van der Waals surface area contributed by atoms with Crippen molar-refractivity contribution in [3.8, 4) is 5.75 Å². The molecule has 6 heteroatoms. The molecule has 1 aliphatic rings. The standard InChI is InChI=1S/C25H34N2O4/c1-24(2,3)21(29)19-17(11-12-18(28)20(19)22(30)25(4,5)6)13-16-26(7)23(31)27-14-9-8-10-15-27/h9-12,14-15,28H,8,13,16H2,1-7H3. The number of amides is 2. The monoisotopic (exact) mass is 426 g/mol. The van der Waals surface area contributed by atoms with Gasteiger partial charge in [0.2, 0.25) is 0 Å². The van der Waals surface area contributed by atoms with Gasteiger partial charge in [0.05, 0.1) is 5.56 Å². The van der Waals surface area contributed by atoms with E-state index in [2.05, 4.69) is 0 Å². The van der Waals surface area contributed by atoms with Crippen LogP contribution in [0.1, 0.15) is 74.2 Å². The Morgan fingerprint density at radius 1 is 0.935 bits per heavy atom. The normalized spacial score (nSPS) is 14.0. The Kier molecular flexibility index (Phi) is 7.14. The first kappa shape index (κ1) is 24.4. The average Bonchev–Trinajstić information content (AvgIpc) is 2.70. The highest BCUT2D eigenvalue weighted by atomic mass is 16.3. The van der Waals surface area contributed by atoms with Crippen molar-refractivity contribution in [2.75, 3.05) is 13.6 Å². The first-order valence-electron chi connectivity index (χ1n) is 10.6. The number of carbonyl (C=O) groups is 3. The van der Waals surface area contributed by atoms with Crippen LogP contribution >= 0.6 is 0 Å². The Hall–Kier alpha value is -2.89. The second-order valence-electron chi connectivity index (χ2n) is 10.0. The van der Waals surface area contributed by atoms with E-state index >= 15 is 0 Å². The second-order valence-corrected chi connectivity index (χ2v) is 10.0. The molecule has 2 rings (SSSR count). The van der Waals surface area contributed by atoms with Gasteiger partial charge in [-0.05, 0) is 24.5 Å². The number of rotatable bonds is 5. The van der Waals surface area contributed by atoms with E-state index in [1.165, 1.54) is 11.0 Å². The maximum Gasteiger partial charge on any atom is 0.327 e. The number of phenolic OH excluding ortho intramolecular Hbond substituents is 1. The van der Waals surface area contributed by atoms with E-state index < -0.39 is 10.8 Å². The maximum absolute atomic E-state index is 13.3. The summed E-state index contributed by atoms with van der Waals surface area (Å²) in [5.74, 6) is -0.682. The molecule has 0 fully saturated rings. The van der Waals surface area contributed by atoms with Gasteiger partial charge in [-0.15, -0.1) is 0 Å². The number of carbonyl (C=O) groups excluding carboxylic acids is 3. The van der Waals surface area contributed by atoms with Crippen LogP contribution in [-0.2, 0) is 6.42 Å². The van der Waals surface area contributed by atoms with Gasteiger partial charge in [-0.3, -0.25) is 14.5 Å². The van der Waals surface area contributed by atoms with Gasteiger partial charge in [-0.25, -0.2) is 4.79 Å². The molecule has 6 nitrogen and oxygen atoms in total. The van der Waals surface area contributed by atoms with E-state index in [4.69, 9.17) is 0 Å². The third-order valence-corrected chi connectivity index (χ3v) is 5.15. The molecule has 1 heterocycles. The average molecular weight is 427 g/mol. The number of benzene rings is 1. The number of nitrogens with zero attached hydrogens (tertiary/aromatic N) is 2. The van der Waals surface area contributed by atoms with Gasteiger partial charge in [0.1, 0.15) is 5.75 Å². The fraction of sp³-hybridized carbons (Fsp3) is 0.480. The van der Waals surface area contributed by atoms with Crippen molar-refractivity contribution in [1.82, 2.24) is 9.80 Å². The van der Waals surface area contributed by atoms with Crippen molar-refractivity contribution in [3.63, 3.8) is 0 Å². The number of allylic oxidation sites excluding steroid dienone is 2. The van der Waals surface area contributed by atoms with Crippen LogP contribution in [0.25, 0.3) is 0 Å². The van der Waals surface area contributed by atoms with Gasteiger partial charge in [-0.1, -0.05) is 59.8 Å². The molecule has 168 valence electrons. The van der Waals surface area contributed by atoms with Crippen LogP contribution in [0.3, 0.4) is 0 Å². The molecule has 0 saturated heterocycles. The van der Waals surface area contributed by atoms with Crippen LogP contribution in [0, 0.1) is 10.8 Å². The van der Waals surface area contributed by atoms with E-state index in [1.54, 1.807) is 72.0 Å². The van der Waals surface area contributed by atoms with Crippen molar-refractivity contribution in [2.45, 2.75) is 54.4 Å². The molecule has 0 radical (unpaired) electrons. The fourth-order valence-corrected chi connectivity index (χ4v) is 3.27. The van der Waals surface area contributed by atoms with Gasteiger partial charge in [0.25, 0.3) is 0 Å². The first-order chi connectivity index (χ1) is 14.2. The third kappa shape index (κ3) is 5.63. The second kappa shape index (κ2) is 9.08. The molecule has 0 unspecified atom stereocenters. The molecule has 0 bridgehead atoms. The Morgan fingerprint density at radius 2 is 1.45 bits per heavy atom. The lowest BCUT2D eigenvalue weighted by molar-refractivity contribution is 0.0819. The molecule has 1 N–H and O–H groups in total. The summed E-state index contributed by atoms with van der Waals surface area (Å²) < 4.78 is 0. The van der Waals surface area contributed by atoms with Gasteiger partial charge < -0.3 is 10.0 Å². The van der Waals surface area contributed by atoms with Crippen LogP contribution in [0.15, 0.2) is 36.7 Å². The zero-order chi connectivity index (χ0) is 23.6. The number of aromatic hydroxyl groups is 1. The SMILES string of the molecule is CN(CCc1ccc(O)c(C(=O)C(C)(C)C)c1C(=O)C(C)(C)C)C(=O)N1C=CCC=C1. The van der Waals surface area contributed by atoms with Crippen LogP contribution in [-0.4, -0.2) is 46.1 Å². The highest BCUT2D eigenvalue weighted by molar-refractivity contribution is 6.14. The highest BCUT2D eigenvalue weighted by Gasteiger charge is 2.35. The summed E-state index contributed by atoms with van der Waals surface area (Å²) in [6, 6.07) is 2.96. The molecule has 2 amide bonds. The molecule has 0 saturated carbocycles. The van der Waals surface area contributed by atoms with Gasteiger partial charge in [-0.2, -0.15) is 0 Å². The van der Waals surface area contributed by atoms with Crippen molar-refractivity contribution in [1.29, 1.82) is 0 Å². The number of hydrogen-bond acceptors (Lipinski definition) is 4. The number of hydrogen-bond donors (Lipinski definition) is 1. The number of phenols is 1. The quantitative estimate of drug-likeness (QED) is 0.658. The summed E-state index contributed by atoms with van der Waals surface area (Å²) in [6.07, 6.45) is 8.43. The lowest BCUT2D eigenvalue weighted by atomic mass is 9.77. The molecular formula is C25H34N2O4. The third-order valence-electron chi connectivity index (χ3n) is 5.15. The van der Waals surface area contributed by atoms with E-state index in [1.807, 2.05) is 12.2 Å². The number of Topliss-reactive ketones (excluding diaryl/α,β-unsaturated/α-hetero) is 2. The van der Waals surface area contributed by atoms with Gasteiger partial charge in [0, 0.05) is 42.4 Å². The zero-order valence-corrected chi connectivity index (χ0v) is 19.7. The predicted octanol–water partition coefficient (Wildman–Crippen LogP) is 5.18. The predicted molar refractivity (Wildman–Crippen MR) is 122 cm³/mol. The maximum atomic E-state index is 13.3. The molecule has 0 aromatic heterocycles. The molecule has 0 atom stereocenters. The van der Waals surface area contributed by atoms with E-state index in [-0.39, 0.29) is 34.5 Å². The largest absolute Gasteiger partial charge is 0.507 e. The lowest BCUT2D eigenvalue weighted by Gasteiger charge is -2.27. The van der Waals surface area contributed by atoms with E-state index in [9.17, 15) is 19.5 Å². The van der Waals surface area contributed by atoms with Crippen LogP contribution in [0.2, 0.25) is 0 Å². The van der Waals surface area contributed by atoms with Crippen molar-refractivity contribution >= 4 is 17.6 Å². The first-order valence-corrected chi connectivity index (χ1v) is 10.6. The molecule has 1 aromatic carbocycles. The Labute approximate surface area is 185 Å². The Bertz CT molecular complexity index is 918. The minimum atomic E-state index is -0.761. The van der Waals surface area contributed by atoms with Crippen molar-refractivity contribution < 1.29 is 19.5 Å². The molecule has 31 heavy (non-hydrogen) atoms. The van der Waals surface area contributed by atoms with Gasteiger partial charge >= 0.3 is 6.03 Å². The zero-order valence-electron chi connectivity index (χ0n) is 19.7. The van der Waals surface area contributed by atoms with Crippen LogP contribution in [0.4, 0.5) is 4.79 Å². The number of likely N-dealkylation sites (N-methyl/N-ethyl adjacent to an activating group) is 1. The number of urea groups is 1. The molecular weight excluding hydrogens is 392 g/mol. The molecule has 0 spiro atoms. The minimum Gasteiger partial charge on any atom is -0.507 e. The lowest BCUT2D eigenvalue weighted by Crippen LogP contribution is -2.37. The summed E-state index contributed by atoms with van der Waals surface area (Å²) in [7, 11) is 1.70. The summed E-state index contributed by atoms with van der Waals surface area (Å²) in [5, 5.41) is 10.5. The van der Waals surface area contributed by atoms with E-state index in [0.29, 0.717) is 18.5 Å². The van der Waals surface area contributed by atoms with Crippen LogP contribution < -0.4 is 0 Å². The Morgan fingerprint density at radius 3 is 1.97 bits per heavy atom. The van der Waals surface area contributed by atoms with Crippen LogP contribution in [0.5, 0.6) is 5.75 Å². The minimum absolute atomic E-state index is 0.0702. The van der Waals surface area contributed by atoms with Crippen molar-refractivity contribution in [3.05, 3.63) is 53.4 Å². The fourth-order valence-electron chi connectivity index (χ4n) is 3.27. The summed E-state index contributed by atoms with van der Waals surface area (Å²) in [6.45, 7) is 11.0. The smallest absolute Gasteiger partial charge is 0.327 e. The highest BCUT2D eigenvalue weighted by Crippen LogP contribution is 2.35. The van der Waals surface area contributed by atoms with Crippen molar-refractivity contribution in [2.24, 2.45) is 10.8 Å². The summed E-state index contributed by atoms with van der Waals surface area (Å²) in [5.41, 5.74) is -0.523.